The van der Waals surface area contributed by atoms with Gasteiger partial charge >= 0.3 is 0 Å². The van der Waals surface area contributed by atoms with E-state index in [-0.39, 0.29) is 0 Å². The number of imidazole rings is 2. The van der Waals surface area contributed by atoms with Crippen molar-refractivity contribution < 1.29 is 0 Å². The van der Waals surface area contributed by atoms with Crippen LogP contribution in [0.5, 0.6) is 0 Å². The van der Waals surface area contributed by atoms with E-state index in [0.29, 0.717) is 0 Å². The van der Waals surface area contributed by atoms with Gasteiger partial charge in [0.1, 0.15) is 11.3 Å². The Kier molecular flexibility index (Phi) is 12.5. The molecule has 0 aliphatic carbocycles. The van der Waals surface area contributed by atoms with Crippen LogP contribution in [0.4, 0.5) is 34.1 Å². The van der Waals surface area contributed by atoms with E-state index in [4.69, 9.17) is 9.97 Å². The minimum Gasteiger partial charge on any atom is -0.310 e. The number of hydrogen-bond acceptors (Lipinski definition) is 4. The van der Waals surface area contributed by atoms with Crippen LogP contribution >= 0.6 is 0 Å². The monoisotopic (exact) mass is 1020 g/mol. The molecule has 0 atom stereocenters. The fraction of sp³-hybridized carbons (Fsp3) is 0. The molecule has 0 fully saturated rings. The summed E-state index contributed by atoms with van der Waals surface area (Å²) in [6.45, 7) is 0. The molecule has 14 rings (SSSR count). The van der Waals surface area contributed by atoms with Crippen molar-refractivity contribution in [2.45, 2.75) is 0 Å². The summed E-state index contributed by atoms with van der Waals surface area (Å²) in [4.78, 5) is 15.2. The van der Waals surface area contributed by atoms with E-state index in [0.717, 1.165) is 113 Å². The van der Waals surface area contributed by atoms with E-state index in [2.05, 4.69) is 322 Å². The van der Waals surface area contributed by atoms with Crippen LogP contribution in [0.25, 0.3) is 89.7 Å². The summed E-state index contributed by atoms with van der Waals surface area (Å²) < 4.78 is 4.38. The van der Waals surface area contributed by atoms with Crippen molar-refractivity contribution in [3.05, 3.63) is 316 Å². The lowest BCUT2D eigenvalue weighted by Crippen LogP contribution is -2.10. The summed E-state index contributed by atoms with van der Waals surface area (Å²) >= 11 is 0. The van der Waals surface area contributed by atoms with Gasteiger partial charge in [-0.25, -0.2) is 9.97 Å². The maximum atomic E-state index is 5.25. The molecular formula is C74H52N6. The van der Waals surface area contributed by atoms with Gasteiger partial charge < -0.3 is 9.80 Å². The Bertz CT molecular complexity index is 4170. The minimum atomic E-state index is 0.902. The molecule has 4 aromatic heterocycles. The Morgan fingerprint density at radius 1 is 0.212 bits per heavy atom. The highest BCUT2D eigenvalue weighted by Gasteiger charge is 2.22. The fourth-order valence-electron chi connectivity index (χ4n) is 11.1. The first kappa shape index (κ1) is 47.6. The molecule has 0 unspecified atom stereocenters. The Balaban J connectivity index is 0.843. The second kappa shape index (κ2) is 21.0. The molecule has 6 nitrogen and oxygen atoms in total. The van der Waals surface area contributed by atoms with Crippen LogP contribution < -0.4 is 9.80 Å². The first-order valence-electron chi connectivity index (χ1n) is 27.0. The van der Waals surface area contributed by atoms with Crippen LogP contribution in [-0.4, -0.2) is 18.8 Å². The molecule has 0 saturated carbocycles. The Morgan fingerprint density at radius 2 is 0.500 bits per heavy atom. The molecule has 6 heteroatoms. The molecule has 378 valence electrons. The molecule has 0 aliphatic heterocycles. The van der Waals surface area contributed by atoms with E-state index < -0.39 is 0 Å². The van der Waals surface area contributed by atoms with Gasteiger partial charge in [-0.3, -0.25) is 8.80 Å². The smallest absolute Gasteiger partial charge is 0.137 e. The van der Waals surface area contributed by atoms with E-state index >= 15 is 0 Å². The van der Waals surface area contributed by atoms with Gasteiger partial charge in [0.2, 0.25) is 0 Å². The zero-order valence-corrected chi connectivity index (χ0v) is 43.7. The van der Waals surface area contributed by atoms with Crippen LogP contribution in [0.3, 0.4) is 0 Å². The first-order valence-corrected chi connectivity index (χ1v) is 27.0. The summed E-state index contributed by atoms with van der Waals surface area (Å²) in [5.41, 5.74) is 23.2. The van der Waals surface area contributed by atoms with Crippen molar-refractivity contribution in [2.75, 3.05) is 9.80 Å². The summed E-state index contributed by atoms with van der Waals surface area (Å²) in [5, 5.41) is 0. The van der Waals surface area contributed by atoms with Gasteiger partial charge in [-0.05, 0) is 130 Å². The molecule has 0 radical (unpaired) electrons. The summed E-state index contributed by atoms with van der Waals surface area (Å²) in [7, 11) is 0. The molecule has 0 spiro atoms. The highest BCUT2D eigenvalue weighted by molar-refractivity contribution is 5.89. The predicted octanol–water partition coefficient (Wildman–Crippen LogP) is 19.6. The highest BCUT2D eigenvalue weighted by atomic mass is 15.1. The van der Waals surface area contributed by atoms with E-state index in [1.54, 1.807) is 0 Å². The van der Waals surface area contributed by atoms with Crippen molar-refractivity contribution in [3.63, 3.8) is 0 Å². The quantitative estimate of drug-likeness (QED) is 0.115. The van der Waals surface area contributed by atoms with E-state index in [1.807, 2.05) is 12.1 Å². The maximum absolute atomic E-state index is 5.25. The average molecular weight is 1030 g/mol. The van der Waals surface area contributed by atoms with Crippen molar-refractivity contribution in [1.29, 1.82) is 0 Å². The lowest BCUT2D eigenvalue weighted by Gasteiger charge is -2.27. The zero-order chi connectivity index (χ0) is 53.2. The van der Waals surface area contributed by atoms with Gasteiger partial charge in [0.25, 0.3) is 0 Å². The fourth-order valence-corrected chi connectivity index (χ4v) is 11.1. The number of anilines is 6. The molecule has 0 aliphatic rings. The van der Waals surface area contributed by atoms with Crippen molar-refractivity contribution in [3.8, 4) is 78.4 Å². The number of nitrogens with zero attached hydrogens (tertiary/aromatic N) is 6. The SMILES string of the molecule is c1ccc(-c2cccc(N(c3ccc(-c4ccc(N(c5cccc(-c6ccccc6)c5)c5cccc(-c6nc7ccccn7c6-c6ccccc6)c5)cc4)cc3)c3cccc(-c4nc5ccccn5c4-c4ccccc4)c3)c2)cc1. The molecule has 4 heterocycles. The molecule has 10 aromatic carbocycles. The largest absolute Gasteiger partial charge is 0.310 e. The van der Waals surface area contributed by atoms with Crippen molar-refractivity contribution in [2.24, 2.45) is 0 Å². The number of hydrogen-bond donors (Lipinski definition) is 0. The van der Waals surface area contributed by atoms with Gasteiger partial charge in [0.05, 0.1) is 22.8 Å². The average Bonchev–Trinajstić information content (AvgIpc) is 4.29. The van der Waals surface area contributed by atoms with Crippen molar-refractivity contribution >= 4 is 45.4 Å². The predicted molar refractivity (Wildman–Crippen MR) is 331 cm³/mol. The molecule has 0 amide bonds. The number of benzene rings is 10. The molecule has 0 saturated heterocycles. The number of aromatic nitrogens is 4. The van der Waals surface area contributed by atoms with Crippen LogP contribution in [0, 0.1) is 0 Å². The Labute approximate surface area is 465 Å². The van der Waals surface area contributed by atoms with Gasteiger partial charge in [-0.2, -0.15) is 0 Å². The normalized spacial score (nSPS) is 11.2. The lowest BCUT2D eigenvalue weighted by atomic mass is 10.0. The van der Waals surface area contributed by atoms with Gasteiger partial charge in [-0.15, -0.1) is 0 Å². The van der Waals surface area contributed by atoms with Gasteiger partial charge in [0, 0.05) is 68.8 Å². The zero-order valence-electron chi connectivity index (χ0n) is 43.7. The molecule has 80 heavy (non-hydrogen) atoms. The standard InChI is InChI=1S/C74H52N6/c1-5-21-53(22-6-1)59-29-17-33-65(49-59)79(67-35-19-31-61(51-67)71-73(57-25-9-3-10-26-57)77-47-15-13-37-69(77)75-71)63-43-39-55(40-44-63)56-41-45-64(46-42-56)80(66-34-18-30-60(50-66)54-23-7-2-8-24-54)68-36-20-32-62(52-68)72-74(58-27-11-4-12-28-58)78-48-16-14-38-70(78)76-72/h1-52H. The maximum Gasteiger partial charge on any atom is 0.137 e. The van der Waals surface area contributed by atoms with Crippen LogP contribution in [0.2, 0.25) is 0 Å². The summed E-state index contributed by atoms with van der Waals surface area (Å²) in [5.74, 6) is 0. The third kappa shape index (κ3) is 9.16. The third-order valence-electron chi connectivity index (χ3n) is 14.9. The topological polar surface area (TPSA) is 41.1 Å². The Hall–Kier alpha value is -10.8. The second-order valence-corrected chi connectivity index (χ2v) is 19.9. The molecular weight excluding hydrogens is 973 g/mol. The molecule has 0 bridgehead atoms. The summed E-state index contributed by atoms with van der Waals surface area (Å²) in [6, 6.07) is 108. The number of rotatable bonds is 13. The minimum absolute atomic E-state index is 0.902. The lowest BCUT2D eigenvalue weighted by molar-refractivity contribution is 1.19. The third-order valence-corrected chi connectivity index (χ3v) is 14.9. The summed E-state index contributed by atoms with van der Waals surface area (Å²) in [6.07, 6.45) is 4.19. The number of pyridine rings is 2. The number of fused-ring (bicyclic) bond motifs is 2. The van der Waals surface area contributed by atoms with Gasteiger partial charge in [0.15, 0.2) is 0 Å². The molecule has 0 N–H and O–H groups in total. The molecule has 14 aromatic rings. The van der Waals surface area contributed by atoms with Crippen LogP contribution in [-0.2, 0) is 0 Å². The van der Waals surface area contributed by atoms with Crippen LogP contribution in [0.1, 0.15) is 0 Å². The van der Waals surface area contributed by atoms with E-state index in [9.17, 15) is 0 Å². The second-order valence-electron chi connectivity index (χ2n) is 19.9. The Morgan fingerprint density at radius 3 is 0.863 bits per heavy atom. The highest BCUT2D eigenvalue weighted by Crippen LogP contribution is 2.43. The van der Waals surface area contributed by atoms with Crippen molar-refractivity contribution in [1.82, 2.24) is 18.8 Å². The van der Waals surface area contributed by atoms with Gasteiger partial charge in [-0.1, -0.05) is 206 Å². The van der Waals surface area contributed by atoms with E-state index in [1.165, 1.54) is 11.1 Å². The first-order chi connectivity index (χ1) is 39.7. The van der Waals surface area contributed by atoms with Crippen LogP contribution in [0.15, 0.2) is 316 Å².